The highest BCUT2D eigenvalue weighted by atomic mass is 32.2. The van der Waals surface area contributed by atoms with Gasteiger partial charge in [-0.25, -0.2) is 0 Å². The number of thioether (sulfide) groups is 1. The second kappa shape index (κ2) is 7.64. The van der Waals surface area contributed by atoms with Crippen LogP contribution >= 0.6 is 11.8 Å². The van der Waals surface area contributed by atoms with Crippen molar-refractivity contribution in [2.24, 2.45) is 0 Å². The van der Waals surface area contributed by atoms with Crippen molar-refractivity contribution < 1.29 is 14.2 Å². The molecule has 0 aliphatic heterocycles. The summed E-state index contributed by atoms with van der Waals surface area (Å²) in [6.07, 6.45) is 4.62. The average Bonchev–Trinajstić information content (AvgIpc) is 3.29. The van der Waals surface area contributed by atoms with E-state index in [0.29, 0.717) is 18.4 Å². The molecule has 1 aromatic rings. The van der Waals surface area contributed by atoms with Crippen molar-refractivity contribution in [1.29, 1.82) is 0 Å². The Balaban J connectivity index is 2.11. The fraction of sp³-hybridized carbons (Fsp3) is 0.600. The van der Waals surface area contributed by atoms with E-state index in [1.807, 2.05) is 12.1 Å². The fourth-order valence-electron chi connectivity index (χ4n) is 1.96. The maximum Gasteiger partial charge on any atom is 0.203 e. The van der Waals surface area contributed by atoms with E-state index in [1.54, 1.807) is 26.0 Å². The summed E-state index contributed by atoms with van der Waals surface area (Å²) in [5.74, 6) is 3.10. The molecule has 0 bridgehead atoms. The van der Waals surface area contributed by atoms with Gasteiger partial charge in [-0.1, -0.05) is 0 Å². The van der Waals surface area contributed by atoms with Gasteiger partial charge in [0, 0.05) is 18.3 Å². The topological polar surface area (TPSA) is 39.7 Å². The van der Waals surface area contributed by atoms with Crippen LogP contribution in [0.3, 0.4) is 0 Å². The van der Waals surface area contributed by atoms with Crippen LogP contribution in [-0.2, 0) is 6.54 Å². The minimum absolute atomic E-state index is 0.646. The third-order valence-corrected chi connectivity index (χ3v) is 3.80. The van der Waals surface area contributed by atoms with Crippen LogP contribution in [0.4, 0.5) is 0 Å². The highest BCUT2D eigenvalue weighted by molar-refractivity contribution is 7.98. The lowest BCUT2D eigenvalue weighted by Gasteiger charge is -2.16. The molecule has 0 radical (unpaired) electrons. The first-order chi connectivity index (χ1) is 9.78. The second-order valence-corrected chi connectivity index (χ2v) is 5.81. The van der Waals surface area contributed by atoms with Crippen LogP contribution in [0, 0.1) is 0 Å². The number of hydrogen-bond donors (Lipinski definition) is 1. The fourth-order valence-corrected chi connectivity index (χ4v) is 2.21. The van der Waals surface area contributed by atoms with Gasteiger partial charge in [-0.15, -0.1) is 0 Å². The molecule has 0 heterocycles. The van der Waals surface area contributed by atoms with Crippen LogP contribution in [0.1, 0.15) is 18.4 Å². The van der Waals surface area contributed by atoms with Gasteiger partial charge < -0.3 is 19.5 Å². The molecule has 112 valence electrons. The van der Waals surface area contributed by atoms with Gasteiger partial charge in [-0.2, -0.15) is 11.8 Å². The lowest BCUT2D eigenvalue weighted by Crippen LogP contribution is -2.15. The summed E-state index contributed by atoms with van der Waals surface area (Å²) in [7, 11) is 3.32. The normalized spacial score (nSPS) is 14.2. The smallest absolute Gasteiger partial charge is 0.203 e. The summed E-state index contributed by atoms with van der Waals surface area (Å²) in [4.78, 5) is 0. The minimum Gasteiger partial charge on any atom is -0.493 e. The number of benzene rings is 1. The minimum atomic E-state index is 0.646. The Bertz CT molecular complexity index is 410. The monoisotopic (exact) mass is 297 g/mol. The molecule has 1 aromatic carbocycles. The Labute approximate surface area is 125 Å². The van der Waals surface area contributed by atoms with Crippen LogP contribution in [0.5, 0.6) is 17.2 Å². The van der Waals surface area contributed by atoms with E-state index in [1.165, 1.54) is 12.8 Å². The third-order valence-electron chi connectivity index (χ3n) is 3.23. The summed E-state index contributed by atoms with van der Waals surface area (Å²) >= 11 is 1.75. The molecule has 2 rings (SSSR count). The first-order valence-corrected chi connectivity index (χ1v) is 8.28. The zero-order chi connectivity index (χ0) is 14.4. The molecule has 4 nitrogen and oxygen atoms in total. The van der Waals surface area contributed by atoms with Crippen molar-refractivity contribution in [3.8, 4) is 17.2 Å². The SMILES string of the molecule is COc1cc(CNC2CC2)cc(OC)c1OCCSC. The molecule has 1 saturated carbocycles. The molecule has 20 heavy (non-hydrogen) atoms. The van der Waals surface area contributed by atoms with E-state index in [4.69, 9.17) is 14.2 Å². The van der Waals surface area contributed by atoms with Crippen molar-refractivity contribution >= 4 is 11.8 Å². The Morgan fingerprint density at radius 2 is 1.85 bits per heavy atom. The lowest BCUT2D eigenvalue weighted by molar-refractivity contribution is 0.290. The maximum absolute atomic E-state index is 5.79. The van der Waals surface area contributed by atoms with Crippen LogP contribution in [0.15, 0.2) is 12.1 Å². The zero-order valence-electron chi connectivity index (χ0n) is 12.4. The summed E-state index contributed by atoms with van der Waals surface area (Å²) in [5, 5.41) is 3.49. The third kappa shape index (κ3) is 4.21. The number of nitrogens with one attached hydrogen (secondary N) is 1. The average molecular weight is 297 g/mol. The molecule has 1 fully saturated rings. The summed E-state index contributed by atoms with van der Waals surface area (Å²) in [5.41, 5.74) is 1.16. The predicted molar refractivity (Wildman–Crippen MR) is 83.3 cm³/mol. The van der Waals surface area contributed by atoms with Crippen LogP contribution in [-0.4, -0.2) is 38.9 Å². The number of rotatable bonds is 9. The molecule has 1 N–H and O–H groups in total. The molecule has 1 aliphatic carbocycles. The van der Waals surface area contributed by atoms with Crippen LogP contribution in [0.2, 0.25) is 0 Å². The van der Waals surface area contributed by atoms with E-state index in [9.17, 15) is 0 Å². The van der Waals surface area contributed by atoms with Gasteiger partial charge in [0.1, 0.15) is 0 Å². The molecular formula is C15H23NO3S. The Morgan fingerprint density at radius 3 is 2.35 bits per heavy atom. The first-order valence-electron chi connectivity index (χ1n) is 6.88. The standard InChI is InChI=1S/C15H23NO3S/c1-17-13-8-11(10-16-12-4-5-12)9-14(18-2)15(13)19-6-7-20-3/h8-9,12,16H,4-7,10H2,1-3H3. The van der Waals surface area contributed by atoms with Gasteiger partial charge in [0.2, 0.25) is 5.75 Å². The molecule has 1 aliphatic rings. The van der Waals surface area contributed by atoms with Crippen molar-refractivity contribution in [3.05, 3.63) is 17.7 Å². The maximum atomic E-state index is 5.79. The van der Waals surface area contributed by atoms with Gasteiger partial charge in [-0.3, -0.25) is 0 Å². The Hall–Kier alpha value is -1.07. The number of ether oxygens (including phenoxy) is 3. The highest BCUT2D eigenvalue weighted by Gasteiger charge is 2.21. The van der Waals surface area contributed by atoms with Gasteiger partial charge in [0.25, 0.3) is 0 Å². The molecule has 0 unspecified atom stereocenters. The second-order valence-electron chi connectivity index (χ2n) is 4.83. The van der Waals surface area contributed by atoms with Crippen molar-refractivity contribution in [2.45, 2.75) is 25.4 Å². The number of hydrogen-bond acceptors (Lipinski definition) is 5. The van der Waals surface area contributed by atoms with E-state index in [-0.39, 0.29) is 0 Å². The Kier molecular flexibility index (Phi) is 5.86. The van der Waals surface area contributed by atoms with E-state index >= 15 is 0 Å². The van der Waals surface area contributed by atoms with Gasteiger partial charge in [-0.05, 0) is 36.8 Å². The quantitative estimate of drug-likeness (QED) is 0.710. The van der Waals surface area contributed by atoms with Crippen molar-refractivity contribution in [1.82, 2.24) is 5.32 Å². The van der Waals surface area contributed by atoms with Crippen LogP contribution in [0.25, 0.3) is 0 Å². The van der Waals surface area contributed by atoms with Crippen molar-refractivity contribution in [2.75, 3.05) is 32.8 Å². The number of methoxy groups -OCH3 is 2. The summed E-state index contributed by atoms with van der Waals surface area (Å²) in [6, 6.07) is 4.73. The summed E-state index contributed by atoms with van der Waals surface area (Å²) < 4.78 is 16.7. The van der Waals surface area contributed by atoms with E-state index in [0.717, 1.165) is 29.4 Å². The molecule has 0 amide bonds. The largest absolute Gasteiger partial charge is 0.493 e. The zero-order valence-corrected chi connectivity index (χ0v) is 13.2. The van der Waals surface area contributed by atoms with E-state index < -0.39 is 0 Å². The molecular weight excluding hydrogens is 274 g/mol. The van der Waals surface area contributed by atoms with Crippen LogP contribution < -0.4 is 19.5 Å². The van der Waals surface area contributed by atoms with Gasteiger partial charge in [0.05, 0.1) is 20.8 Å². The molecule has 0 saturated heterocycles. The Morgan fingerprint density at radius 1 is 1.20 bits per heavy atom. The van der Waals surface area contributed by atoms with Gasteiger partial charge in [0.15, 0.2) is 11.5 Å². The summed E-state index contributed by atoms with van der Waals surface area (Å²) in [6.45, 7) is 1.48. The molecule has 0 aromatic heterocycles. The predicted octanol–water partition coefficient (Wildman–Crippen LogP) is 2.70. The molecule has 5 heteroatoms. The lowest BCUT2D eigenvalue weighted by atomic mass is 10.1. The van der Waals surface area contributed by atoms with Crippen molar-refractivity contribution in [3.63, 3.8) is 0 Å². The van der Waals surface area contributed by atoms with E-state index in [2.05, 4.69) is 11.6 Å². The first kappa shape index (κ1) is 15.3. The molecule has 0 atom stereocenters. The highest BCUT2D eigenvalue weighted by Crippen LogP contribution is 2.38. The van der Waals surface area contributed by atoms with Gasteiger partial charge >= 0.3 is 0 Å². The molecule has 0 spiro atoms.